The molecule has 1 aromatic carbocycles. The number of benzene rings is 1. The van der Waals surface area contributed by atoms with Crippen molar-refractivity contribution >= 4 is 23.0 Å². The number of rotatable bonds is 2. The van der Waals surface area contributed by atoms with Gasteiger partial charge in [-0.05, 0) is 66.3 Å². The number of thiophene rings is 1. The summed E-state index contributed by atoms with van der Waals surface area (Å²) < 4.78 is 0. The fourth-order valence-electron chi connectivity index (χ4n) is 3.26. The van der Waals surface area contributed by atoms with Gasteiger partial charge in [-0.15, -0.1) is 11.3 Å². The van der Waals surface area contributed by atoms with Gasteiger partial charge >= 0.3 is 0 Å². The average Bonchev–Trinajstić information content (AvgIpc) is 2.86. The molecule has 1 heteroatoms. The zero-order valence-corrected chi connectivity index (χ0v) is 14.1. The van der Waals surface area contributed by atoms with E-state index in [9.17, 15) is 0 Å². The maximum absolute atomic E-state index is 2.43. The highest BCUT2D eigenvalue weighted by atomic mass is 32.1. The van der Waals surface area contributed by atoms with E-state index in [1.165, 1.54) is 38.3 Å². The summed E-state index contributed by atoms with van der Waals surface area (Å²) >= 11 is 1.89. The molecule has 2 aromatic rings. The molecule has 0 bridgehead atoms. The first-order chi connectivity index (χ1) is 10.1. The van der Waals surface area contributed by atoms with Gasteiger partial charge in [0.25, 0.3) is 0 Å². The van der Waals surface area contributed by atoms with E-state index in [1.807, 2.05) is 11.3 Å². The number of fused-ring (bicyclic) bond motifs is 1. The highest BCUT2D eigenvalue weighted by Gasteiger charge is 2.24. The van der Waals surface area contributed by atoms with Crippen LogP contribution in [0.1, 0.15) is 58.9 Å². The third-order valence-electron chi connectivity index (χ3n) is 4.29. The van der Waals surface area contributed by atoms with E-state index in [1.54, 1.807) is 0 Å². The molecule has 0 unspecified atom stereocenters. The van der Waals surface area contributed by atoms with Gasteiger partial charge in [-0.3, -0.25) is 0 Å². The van der Waals surface area contributed by atoms with Crippen molar-refractivity contribution in [1.82, 2.24) is 0 Å². The summed E-state index contributed by atoms with van der Waals surface area (Å²) in [7, 11) is 0. The van der Waals surface area contributed by atoms with Gasteiger partial charge in [-0.1, -0.05) is 48.9 Å². The zero-order chi connectivity index (χ0) is 15.0. The lowest BCUT2D eigenvalue weighted by atomic mass is 9.83. The molecule has 21 heavy (non-hydrogen) atoms. The molecule has 3 rings (SSSR count). The Bertz CT molecular complexity index is 728. The maximum Gasteiger partial charge on any atom is 0.0386 e. The molecular formula is C20H22S. The highest BCUT2D eigenvalue weighted by Crippen LogP contribution is 2.44. The lowest BCUT2D eigenvalue weighted by Crippen LogP contribution is -2.04. The average molecular weight is 294 g/mol. The monoisotopic (exact) mass is 294 g/mol. The third kappa shape index (κ3) is 2.51. The Kier molecular flexibility index (Phi) is 3.86. The van der Waals surface area contributed by atoms with Crippen LogP contribution < -0.4 is 0 Å². The van der Waals surface area contributed by atoms with Gasteiger partial charge < -0.3 is 0 Å². The van der Waals surface area contributed by atoms with Crippen LogP contribution in [0.25, 0.3) is 11.6 Å². The molecule has 1 aliphatic rings. The summed E-state index contributed by atoms with van der Waals surface area (Å²) in [6.45, 7) is 8.82. The topological polar surface area (TPSA) is 0 Å². The minimum atomic E-state index is 0.618. The summed E-state index contributed by atoms with van der Waals surface area (Å²) in [5, 5.41) is 2.31. The van der Waals surface area contributed by atoms with Crippen LogP contribution in [0.15, 0.2) is 35.7 Å². The number of hydrogen-bond donors (Lipinski definition) is 0. The van der Waals surface area contributed by atoms with Crippen LogP contribution in [0.5, 0.6) is 0 Å². The van der Waals surface area contributed by atoms with Crippen molar-refractivity contribution in [2.75, 3.05) is 0 Å². The van der Waals surface area contributed by atoms with Crippen molar-refractivity contribution in [3.63, 3.8) is 0 Å². The molecule has 0 fully saturated rings. The standard InChI is InChI=1S/C20H22S/c1-5-6-16-12-21-20-18(10-8-14(3)19(16)20)17-9-7-13(2)11-15(17)4/h5-7,9-12,14H,8H2,1-4H3/b6-5-/t14-/m0/s1. The molecule has 0 radical (unpaired) electrons. The molecule has 1 aromatic heterocycles. The first-order valence-electron chi connectivity index (χ1n) is 7.64. The van der Waals surface area contributed by atoms with Crippen molar-refractivity contribution in [2.24, 2.45) is 0 Å². The van der Waals surface area contributed by atoms with Crippen LogP contribution in [0, 0.1) is 13.8 Å². The van der Waals surface area contributed by atoms with E-state index in [-0.39, 0.29) is 0 Å². The molecule has 0 spiro atoms. The lowest BCUT2D eigenvalue weighted by Gasteiger charge is -2.22. The molecule has 108 valence electrons. The van der Waals surface area contributed by atoms with Crippen molar-refractivity contribution < 1.29 is 0 Å². The fraction of sp³-hybridized carbons (Fsp3) is 0.300. The molecule has 1 aliphatic carbocycles. The van der Waals surface area contributed by atoms with Crippen LogP contribution in [0.2, 0.25) is 0 Å². The summed E-state index contributed by atoms with van der Waals surface area (Å²) in [4.78, 5) is 1.47. The number of aryl methyl sites for hydroxylation is 2. The van der Waals surface area contributed by atoms with Gasteiger partial charge in [-0.25, -0.2) is 0 Å². The van der Waals surface area contributed by atoms with Crippen molar-refractivity contribution in [2.45, 2.75) is 40.0 Å². The molecule has 0 amide bonds. The summed E-state index contributed by atoms with van der Waals surface area (Å²) in [6, 6.07) is 6.79. The van der Waals surface area contributed by atoms with Crippen molar-refractivity contribution in [3.05, 3.63) is 68.4 Å². The smallest absolute Gasteiger partial charge is 0.0386 e. The lowest BCUT2D eigenvalue weighted by molar-refractivity contribution is 0.772. The largest absolute Gasteiger partial charge is 0.143 e. The van der Waals surface area contributed by atoms with Crippen LogP contribution in [-0.2, 0) is 0 Å². The van der Waals surface area contributed by atoms with Crippen LogP contribution in [0.4, 0.5) is 0 Å². The van der Waals surface area contributed by atoms with Crippen LogP contribution in [0.3, 0.4) is 0 Å². The quantitative estimate of drug-likeness (QED) is 0.606. The minimum Gasteiger partial charge on any atom is -0.143 e. The molecule has 0 saturated carbocycles. The molecule has 0 nitrogen and oxygen atoms in total. The highest BCUT2D eigenvalue weighted by molar-refractivity contribution is 7.11. The molecule has 0 aliphatic heterocycles. The maximum atomic E-state index is 2.43. The van der Waals surface area contributed by atoms with E-state index < -0.39 is 0 Å². The molecule has 1 heterocycles. The second-order valence-corrected chi connectivity index (χ2v) is 6.89. The molecular weight excluding hydrogens is 272 g/mol. The molecule has 0 N–H and O–H groups in total. The van der Waals surface area contributed by atoms with Gasteiger partial charge in [0.1, 0.15) is 0 Å². The van der Waals surface area contributed by atoms with Gasteiger partial charge in [0, 0.05) is 4.88 Å². The predicted molar refractivity (Wildman–Crippen MR) is 95.1 cm³/mol. The zero-order valence-electron chi connectivity index (χ0n) is 13.2. The van der Waals surface area contributed by atoms with Gasteiger partial charge in [0.15, 0.2) is 0 Å². The Labute approximate surface area is 131 Å². The molecule has 1 atom stereocenters. The Hall–Kier alpha value is -1.60. The third-order valence-corrected chi connectivity index (χ3v) is 5.34. The van der Waals surface area contributed by atoms with Gasteiger partial charge in [0.2, 0.25) is 0 Å². The van der Waals surface area contributed by atoms with Gasteiger partial charge in [0.05, 0.1) is 0 Å². The van der Waals surface area contributed by atoms with Crippen molar-refractivity contribution in [3.8, 4) is 0 Å². The minimum absolute atomic E-state index is 0.618. The summed E-state index contributed by atoms with van der Waals surface area (Å²) in [5.74, 6) is 0.618. The van der Waals surface area contributed by atoms with E-state index in [2.05, 4.69) is 69.5 Å². The van der Waals surface area contributed by atoms with E-state index >= 15 is 0 Å². The fourth-order valence-corrected chi connectivity index (χ4v) is 4.48. The second kappa shape index (κ2) is 5.65. The molecule has 0 saturated heterocycles. The van der Waals surface area contributed by atoms with Crippen molar-refractivity contribution in [1.29, 1.82) is 0 Å². The van der Waals surface area contributed by atoms with E-state index in [4.69, 9.17) is 0 Å². The first kappa shape index (κ1) is 14.3. The van der Waals surface area contributed by atoms with Crippen LogP contribution in [-0.4, -0.2) is 0 Å². The number of hydrogen-bond acceptors (Lipinski definition) is 1. The number of allylic oxidation sites excluding steroid dienone is 2. The normalized spacial score (nSPS) is 17.9. The second-order valence-electron chi connectivity index (χ2n) is 6.01. The van der Waals surface area contributed by atoms with Gasteiger partial charge in [-0.2, -0.15) is 0 Å². The Morgan fingerprint density at radius 2 is 2.05 bits per heavy atom. The summed E-state index contributed by atoms with van der Waals surface area (Å²) in [6.07, 6.45) is 7.96. The Morgan fingerprint density at radius 3 is 2.76 bits per heavy atom. The predicted octanol–water partition coefficient (Wildman–Crippen LogP) is 6.34. The Balaban J connectivity index is 2.14. The summed E-state index contributed by atoms with van der Waals surface area (Å²) in [5.41, 5.74) is 8.48. The van der Waals surface area contributed by atoms with E-state index in [0.29, 0.717) is 5.92 Å². The van der Waals surface area contributed by atoms with Crippen LogP contribution >= 0.6 is 11.3 Å². The SMILES string of the molecule is C/C=C\c1csc2c1[C@@H](C)CC=C2c1ccc(C)cc1C. The van der Waals surface area contributed by atoms with E-state index in [0.717, 1.165) is 6.42 Å². The first-order valence-corrected chi connectivity index (χ1v) is 8.52. The Morgan fingerprint density at radius 1 is 1.24 bits per heavy atom.